The SMILES string of the molecule is CC(Cn1ccc(-c2nc(NC(=O)N[C@H]3CCOc4c(Cl)cccc43)cs2)n1)NC(=O)OC(C)(C)C. The maximum atomic E-state index is 12.6. The third kappa shape index (κ3) is 6.67. The molecule has 36 heavy (non-hydrogen) atoms. The smallest absolute Gasteiger partial charge is 0.407 e. The molecule has 192 valence electrons. The molecule has 1 unspecified atom stereocenters. The Bertz CT molecular complexity index is 1240. The number of fused-ring (bicyclic) bond motifs is 1. The summed E-state index contributed by atoms with van der Waals surface area (Å²) < 4.78 is 12.7. The van der Waals surface area contributed by atoms with Crippen LogP contribution >= 0.6 is 22.9 Å². The van der Waals surface area contributed by atoms with Gasteiger partial charge >= 0.3 is 12.1 Å². The van der Waals surface area contributed by atoms with Crippen LogP contribution in [0.1, 0.15) is 45.7 Å². The number of rotatable bonds is 6. The van der Waals surface area contributed by atoms with Gasteiger partial charge in [0.25, 0.3) is 0 Å². The second kappa shape index (κ2) is 10.8. The van der Waals surface area contributed by atoms with Gasteiger partial charge in [0.2, 0.25) is 0 Å². The second-order valence-corrected chi connectivity index (χ2v) is 10.7. The van der Waals surface area contributed by atoms with Crippen molar-refractivity contribution < 1.29 is 19.1 Å². The third-order valence-corrected chi connectivity index (χ3v) is 6.32. The third-order valence-electron chi connectivity index (χ3n) is 5.16. The van der Waals surface area contributed by atoms with Gasteiger partial charge in [0, 0.05) is 29.6 Å². The predicted molar refractivity (Wildman–Crippen MR) is 139 cm³/mol. The number of nitrogens with zero attached hydrogens (tertiary/aromatic N) is 3. The highest BCUT2D eigenvalue weighted by Gasteiger charge is 2.25. The number of ether oxygens (including phenoxy) is 2. The summed E-state index contributed by atoms with van der Waals surface area (Å²) in [6, 6.07) is 6.57. The maximum Gasteiger partial charge on any atom is 0.407 e. The zero-order chi connectivity index (χ0) is 25.9. The molecule has 0 aliphatic carbocycles. The van der Waals surface area contributed by atoms with Crippen molar-refractivity contribution in [3.8, 4) is 16.5 Å². The van der Waals surface area contributed by atoms with Crippen LogP contribution in [0, 0.1) is 0 Å². The molecule has 1 aromatic carbocycles. The summed E-state index contributed by atoms with van der Waals surface area (Å²) in [6.45, 7) is 8.26. The van der Waals surface area contributed by atoms with Crippen LogP contribution in [0.4, 0.5) is 15.4 Å². The van der Waals surface area contributed by atoms with Gasteiger partial charge in [0.15, 0.2) is 0 Å². The van der Waals surface area contributed by atoms with Crippen LogP contribution in [0.25, 0.3) is 10.7 Å². The number of anilines is 1. The van der Waals surface area contributed by atoms with E-state index in [0.29, 0.717) is 46.9 Å². The molecule has 12 heteroatoms. The number of carbonyl (C=O) groups excluding carboxylic acids is 2. The first kappa shape index (κ1) is 25.8. The Balaban J connectivity index is 1.32. The Hall–Kier alpha value is -3.31. The van der Waals surface area contributed by atoms with E-state index in [-0.39, 0.29) is 18.1 Å². The number of nitrogens with one attached hydrogen (secondary N) is 3. The molecule has 3 amide bonds. The molecule has 3 N–H and O–H groups in total. The highest BCUT2D eigenvalue weighted by atomic mass is 35.5. The maximum absolute atomic E-state index is 12.6. The van der Waals surface area contributed by atoms with Gasteiger partial charge in [-0.3, -0.25) is 10.00 Å². The first-order valence-corrected chi connectivity index (χ1v) is 12.8. The van der Waals surface area contributed by atoms with E-state index in [2.05, 4.69) is 26.0 Å². The van der Waals surface area contributed by atoms with Crippen molar-refractivity contribution in [3.05, 3.63) is 46.4 Å². The highest BCUT2D eigenvalue weighted by Crippen LogP contribution is 2.37. The van der Waals surface area contributed by atoms with Gasteiger partial charge in [-0.05, 0) is 39.8 Å². The second-order valence-electron chi connectivity index (χ2n) is 9.45. The first-order chi connectivity index (χ1) is 17.1. The van der Waals surface area contributed by atoms with Crippen molar-refractivity contribution in [3.63, 3.8) is 0 Å². The van der Waals surface area contributed by atoms with Gasteiger partial charge in [-0.1, -0.05) is 23.7 Å². The fourth-order valence-corrected chi connectivity index (χ4v) is 4.66. The van der Waals surface area contributed by atoms with Crippen LogP contribution in [0.5, 0.6) is 5.75 Å². The lowest BCUT2D eigenvalue weighted by Crippen LogP contribution is -2.39. The number of para-hydroxylation sites is 1. The van der Waals surface area contributed by atoms with E-state index in [1.807, 2.05) is 52.1 Å². The van der Waals surface area contributed by atoms with Gasteiger partial charge in [-0.15, -0.1) is 11.3 Å². The molecule has 0 radical (unpaired) electrons. The molecule has 1 aliphatic rings. The van der Waals surface area contributed by atoms with E-state index in [0.717, 1.165) is 5.56 Å². The molecule has 1 aliphatic heterocycles. The number of amides is 3. The molecule has 0 bridgehead atoms. The number of hydrogen-bond acceptors (Lipinski definition) is 7. The fourth-order valence-electron chi connectivity index (χ4n) is 3.71. The van der Waals surface area contributed by atoms with E-state index in [9.17, 15) is 9.59 Å². The lowest BCUT2D eigenvalue weighted by Gasteiger charge is -2.27. The summed E-state index contributed by atoms with van der Waals surface area (Å²) in [7, 11) is 0. The molecule has 0 saturated heterocycles. The summed E-state index contributed by atoms with van der Waals surface area (Å²) in [5.41, 5.74) is 0.967. The Labute approximate surface area is 218 Å². The number of halogens is 1. The first-order valence-electron chi connectivity index (χ1n) is 11.5. The van der Waals surface area contributed by atoms with Crippen molar-refractivity contribution >= 4 is 40.9 Å². The Morgan fingerprint density at radius 2 is 2.14 bits per heavy atom. The lowest BCUT2D eigenvalue weighted by atomic mass is 10.0. The number of aromatic nitrogens is 3. The predicted octanol–water partition coefficient (Wildman–Crippen LogP) is 5.22. The number of carbonyl (C=O) groups is 2. The largest absolute Gasteiger partial charge is 0.492 e. The van der Waals surface area contributed by atoms with Crippen molar-refractivity contribution in [2.75, 3.05) is 11.9 Å². The van der Waals surface area contributed by atoms with Gasteiger partial charge < -0.3 is 20.1 Å². The molecule has 3 aromatic rings. The molecule has 0 saturated carbocycles. The number of alkyl carbamates (subject to hydrolysis) is 1. The highest BCUT2D eigenvalue weighted by molar-refractivity contribution is 7.13. The average molecular weight is 533 g/mol. The molecule has 2 aromatic heterocycles. The van der Waals surface area contributed by atoms with Crippen molar-refractivity contribution in [2.45, 2.75) is 58.3 Å². The van der Waals surface area contributed by atoms with Gasteiger partial charge in [0.05, 0.1) is 24.2 Å². The van der Waals surface area contributed by atoms with Crippen LogP contribution in [0.3, 0.4) is 0 Å². The minimum absolute atomic E-state index is 0.185. The van der Waals surface area contributed by atoms with Crippen molar-refractivity contribution in [1.82, 2.24) is 25.4 Å². The minimum atomic E-state index is -0.556. The van der Waals surface area contributed by atoms with E-state index < -0.39 is 11.7 Å². The summed E-state index contributed by atoms with van der Waals surface area (Å²) in [6.07, 6.45) is 1.99. The van der Waals surface area contributed by atoms with E-state index >= 15 is 0 Å². The zero-order valence-electron chi connectivity index (χ0n) is 20.5. The van der Waals surface area contributed by atoms with Gasteiger partial charge in [-0.2, -0.15) is 5.10 Å². The molecule has 0 fully saturated rings. The number of urea groups is 1. The zero-order valence-corrected chi connectivity index (χ0v) is 22.1. The quantitative estimate of drug-likeness (QED) is 0.400. The summed E-state index contributed by atoms with van der Waals surface area (Å²) in [4.78, 5) is 29.1. The van der Waals surface area contributed by atoms with Gasteiger partial charge in [0.1, 0.15) is 27.9 Å². The Morgan fingerprint density at radius 3 is 2.92 bits per heavy atom. The van der Waals surface area contributed by atoms with E-state index in [1.54, 1.807) is 16.1 Å². The fraction of sp³-hybridized carbons (Fsp3) is 0.417. The summed E-state index contributed by atoms with van der Waals surface area (Å²) in [5, 5.41) is 16.0. The van der Waals surface area contributed by atoms with Crippen molar-refractivity contribution in [2.24, 2.45) is 0 Å². The molecule has 10 nitrogen and oxygen atoms in total. The van der Waals surface area contributed by atoms with E-state index in [1.165, 1.54) is 11.3 Å². The topological polar surface area (TPSA) is 119 Å². The Kier molecular flexibility index (Phi) is 7.70. The lowest BCUT2D eigenvalue weighted by molar-refractivity contribution is 0.0503. The molecular weight excluding hydrogens is 504 g/mol. The number of hydrogen-bond donors (Lipinski definition) is 3. The number of benzene rings is 1. The summed E-state index contributed by atoms with van der Waals surface area (Å²) >= 11 is 7.59. The summed E-state index contributed by atoms with van der Waals surface area (Å²) in [5.74, 6) is 1.04. The van der Waals surface area contributed by atoms with Crippen LogP contribution in [0.15, 0.2) is 35.8 Å². The van der Waals surface area contributed by atoms with Gasteiger partial charge in [-0.25, -0.2) is 14.6 Å². The van der Waals surface area contributed by atoms with E-state index in [4.69, 9.17) is 21.1 Å². The van der Waals surface area contributed by atoms with Crippen LogP contribution in [-0.2, 0) is 11.3 Å². The van der Waals surface area contributed by atoms with Crippen molar-refractivity contribution in [1.29, 1.82) is 0 Å². The van der Waals surface area contributed by atoms with Crippen LogP contribution < -0.4 is 20.7 Å². The molecule has 0 spiro atoms. The minimum Gasteiger partial charge on any atom is -0.492 e. The normalized spacial score (nSPS) is 15.9. The Morgan fingerprint density at radius 1 is 1.33 bits per heavy atom. The monoisotopic (exact) mass is 532 g/mol. The molecule has 2 atom stereocenters. The molecule has 3 heterocycles. The average Bonchev–Trinajstić information content (AvgIpc) is 3.42. The van der Waals surface area contributed by atoms with Crippen LogP contribution in [0.2, 0.25) is 5.02 Å². The number of thiazole rings is 1. The van der Waals surface area contributed by atoms with Crippen LogP contribution in [-0.4, -0.2) is 45.1 Å². The molecular formula is C24H29ClN6O4S. The standard InChI is InChI=1S/C24H29ClN6O4S/c1-14(26-23(33)35-24(2,3)4)12-31-10-8-18(30-31)21-28-19(13-36-21)29-22(32)27-17-9-11-34-20-15(17)6-5-7-16(20)25/h5-8,10,13-14,17H,9,11-12H2,1-4H3,(H,26,33)(H2,27,29,32)/t14?,17-/m0/s1. The molecule has 4 rings (SSSR count).